The van der Waals surface area contributed by atoms with Gasteiger partial charge in [0.25, 0.3) is 0 Å². The van der Waals surface area contributed by atoms with E-state index >= 15 is 0 Å². The summed E-state index contributed by atoms with van der Waals surface area (Å²) >= 11 is 0. The predicted molar refractivity (Wildman–Crippen MR) is 363 cm³/mol. The number of aromatic amines is 2. The molecule has 10 heteroatoms. The number of H-pyrrole nitrogens is 2. The summed E-state index contributed by atoms with van der Waals surface area (Å²) in [6.45, 7) is 9.36. The maximum Gasteiger partial charge on any atom is 0.119 e. The van der Waals surface area contributed by atoms with Crippen molar-refractivity contribution >= 4 is 46.4 Å². The fourth-order valence-electron chi connectivity index (χ4n) is 11.6. The topological polar surface area (TPSA) is 94.3 Å². The molecule has 10 nitrogen and oxygen atoms in total. The molecule has 0 unspecified atom stereocenters. The summed E-state index contributed by atoms with van der Waals surface area (Å²) < 4.78 is 27.2. The monoisotopic (exact) mass is 1160 g/mol. The molecule has 2 aliphatic rings. The van der Waals surface area contributed by atoms with Crippen molar-refractivity contribution in [3.8, 4) is 67.5 Å². The number of fused-ring (bicyclic) bond motifs is 8. The first-order chi connectivity index (χ1) is 41.8. The molecule has 2 aliphatic heterocycles. The van der Waals surface area contributed by atoms with E-state index in [0.29, 0.717) is 26.4 Å². The highest BCUT2D eigenvalue weighted by Gasteiger charge is 2.20. The summed E-state index contributed by atoms with van der Waals surface area (Å²) in [5.74, 6) is 3.44. The molecule has 9 rings (SSSR count). The Morgan fingerprint density at radius 2 is 0.523 bits per heavy atom. The van der Waals surface area contributed by atoms with Crippen LogP contribution in [0.2, 0.25) is 0 Å². The fourth-order valence-corrected chi connectivity index (χ4v) is 11.6. The number of hydrogen-bond donors (Lipinski definition) is 2. The van der Waals surface area contributed by atoms with Gasteiger partial charge in [-0.25, -0.2) is 9.97 Å². The quantitative estimate of drug-likeness (QED) is 0.0308. The number of ether oxygens (including phenoxy) is 4. The molecule has 0 spiro atoms. The second kappa shape index (κ2) is 31.3. The maximum atomic E-state index is 6.36. The number of quaternary nitrogens is 2. The third-order valence-electron chi connectivity index (χ3n) is 16.3. The highest BCUT2D eigenvalue weighted by molar-refractivity contribution is 6.00. The molecule has 7 aromatic rings. The van der Waals surface area contributed by atoms with E-state index in [4.69, 9.17) is 28.9 Å². The fraction of sp³-hybridized carbons (Fsp3) is 0.421. The van der Waals surface area contributed by atoms with Crippen molar-refractivity contribution in [2.75, 3.05) is 81.8 Å². The summed E-state index contributed by atoms with van der Waals surface area (Å²) in [6.07, 6.45) is 30.8. The summed E-state index contributed by atoms with van der Waals surface area (Å²) in [7, 11) is 13.3. The van der Waals surface area contributed by atoms with E-state index in [1.807, 2.05) is 0 Å². The van der Waals surface area contributed by atoms with Crippen molar-refractivity contribution in [2.45, 2.75) is 129 Å². The van der Waals surface area contributed by atoms with Gasteiger partial charge < -0.3 is 37.9 Å². The molecule has 2 N–H and O–H groups in total. The van der Waals surface area contributed by atoms with Gasteiger partial charge in [-0.2, -0.15) is 0 Å². The summed E-state index contributed by atoms with van der Waals surface area (Å²) in [4.78, 5) is 19.1. The third kappa shape index (κ3) is 18.3. The van der Waals surface area contributed by atoms with Gasteiger partial charge in [-0.05, 0) is 132 Å². The molecule has 0 saturated heterocycles. The van der Waals surface area contributed by atoms with E-state index in [9.17, 15) is 0 Å². The Morgan fingerprint density at radius 1 is 0.291 bits per heavy atom. The number of hydrogen-bond acceptors (Lipinski definition) is 6. The summed E-state index contributed by atoms with van der Waals surface area (Å²) in [5.41, 5.74) is 15.2. The van der Waals surface area contributed by atoms with Crippen LogP contribution >= 0.6 is 0 Å². The molecule has 0 amide bonds. The molecule has 8 bridgehead atoms. The van der Waals surface area contributed by atoms with E-state index in [0.717, 1.165) is 160 Å². The van der Waals surface area contributed by atoms with Crippen molar-refractivity contribution in [3.63, 3.8) is 0 Å². The van der Waals surface area contributed by atoms with Gasteiger partial charge in [-0.1, -0.05) is 152 Å². The third-order valence-corrected chi connectivity index (χ3v) is 16.3. The highest BCUT2D eigenvalue weighted by atomic mass is 16.5. The van der Waals surface area contributed by atoms with Gasteiger partial charge in [0.1, 0.15) is 23.0 Å². The van der Waals surface area contributed by atoms with Gasteiger partial charge in [-0.3, -0.25) is 0 Å². The van der Waals surface area contributed by atoms with Crippen LogP contribution in [-0.4, -0.2) is 111 Å². The van der Waals surface area contributed by atoms with Crippen molar-refractivity contribution in [1.82, 2.24) is 19.9 Å². The number of unbranched alkanes of at least 4 members (excludes halogenated alkanes) is 14. The first-order valence-electron chi connectivity index (χ1n) is 32.5. The largest absolute Gasteiger partial charge is 0.494 e. The molecule has 5 heterocycles. The van der Waals surface area contributed by atoms with Crippen molar-refractivity contribution < 1.29 is 27.9 Å². The Morgan fingerprint density at radius 3 is 0.767 bits per heavy atom. The number of rotatable bonds is 34. The van der Waals surface area contributed by atoms with Crippen molar-refractivity contribution in [2.24, 2.45) is 0 Å². The average molecular weight is 1160 g/mol. The van der Waals surface area contributed by atoms with Crippen LogP contribution in [-0.2, 0) is 0 Å². The molecule has 4 aromatic carbocycles. The van der Waals surface area contributed by atoms with Gasteiger partial charge >= 0.3 is 0 Å². The van der Waals surface area contributed by atoms with E-state index in [1.165, 1.54) is 89.9 Å². The molecule has 454 valence electrons. The minimum Gasteiger partial charge on any atom is -0.494 e. The van der Waals surface area contributed by atoms with Crippen LogP contribution in [0.1, 0.15) is 152 Å². The smallest absolute Gasteiger partial charge is 0.119 e. The maximum absolute atomic E-state index is 6.36. The molecule has 0 radical (unpaired) electrons. The second-order valence-electron chi connectivity index (χ2n) is 25.7. The zero-order chi connectivity index (χ0) is 60.1. The summed E-state index contributed by atoms with van der Waals surface area (Å²) in [6, 6.07) is 42.9. The van der Waals surface area contributed by atoms with Crippen molar-refractivity contribution in [3.05, 3.63) is 144 Å². The average Bonchev–Trinajstić information content (AvgIpc) is 2.25. The van der Waals surface area contributed by atoms with Crippen molar-refractivity contribution in [1.29, 1.82) is 0 Å². The lowest BCUT2D eigenvalue weighted by Crippen LogP contribution is -2.36. The molecule has 0 aliphatic carbocycles. The lowest BCUT2D eigenvalue weighted by molar-refractivity contribution is -0.870. The Balaban J connectivity index is 1.15. The molecule has 0 atom stereocenters. The number of nitrogens with one attached hydrogen (secondary N) is 2. The van der Waals surface area contributed by atoms with Crippen LogP contribution < -0.4 is 18.9 Å². The Hall–Kier alpha value is -7.40. The zero-order valence-electron chi connectivity index (χ0n) is 53.2. The van der Waals surface area contributed by atoms with Gasteiger partial charge in [0.2, 0.25) is 0 Å². The first-order valence-corrected chi connectivity index (χ1v) is 32.5. The van der Waals surface area contributed by atoms with Gasteiger partial charge in [-0.15, -0.1) is 0 Å². The van der Waals surface area contributed by atoms with Crippen LogP contribution in [0.4, 0.5) is 0 Å². The van der Waals surface area contributed by atoms with E-state index in [2.05, 4.69) is 212 Å². The lowest BCUT2D eigenvalue weighted by Gasteiger charge is -2.23. The molecule has 0 fully saturated rings. The number of nitrogens with zero attached hydrogens (tertiary/aromatic N) is 4. The molecular formula is C76H98N6O4+2. The molecule has 86 heavy (non-hydrogen) atoms. The van der Waals surface area contributed by atoms with E-state index in [1.54, 1.807) is 0 Å². The normalized spacial score (nSPS) is 12.3. The lowest BCUT2D eigenvalue weighted by atomic mass is 10.0. The Bertz CT molecular complexity index is 3240. The molecule has 0 saturated carbocycles. The standard InChI is InChI=1S/C76H98N6O4/c1-9-11-13-15-17-19-21-23-53-83-61-35-27-57(28-36-61)73-65-43-47-69(77-65)75(59-31-39-63(40-32-59)85-55-25-51-81(3,4)5)71-49-45-67(79-71)74(58-29-37-62(38-30-58)84-54-24-22-20-18-16-14-12-10-2)68-46-50-72(80-68)76(70-48-44-66(73)78-70)60-33-41-64(42-34-60)86-56-26-52-82(6,7)8/h27-50,77,80H,9-26,51-56H2,1-8H3/q+2. The Labute approximate surface area is 514 Å². The van der Waals surface area contributed by atoms with Crippen LogP contribution in [0.15, 0.2) is 121 Å². The number of aromatic nitrogens is 4. The van der Waals surface area contributed by atoms with E-state index < -0.39 is 0 Å². The molecule has 3 aromatic heterocycles. The minimum atomic E-state index is 0.658. The van der Waals surface area contributed by atoms with Gasteiger partial charge in [0.15, 0.2) is 0 Å². The van der Waals surface area contributed by atoms with Crippen LogP contribution in [0, 0.1) is 0 Å². The highest BCUT2D eigenvalue weighted by Crippen LogP contribution is 2.40. The second-order valence-corrected chi connectivity index (χ2v) is 25.7. The predicted octanol–water partition coefficient (Wildman–Crippen LogP) is 19.3. The minimum absolute atomic E-state index is 0.658. The molecular weight excluding hydrogens is 1060 g/mol. The Kier molecular flexibility index (Phi) is 23.0. The summed E-state index contributed by atoms with van der Waals surface area (Å²) in [5, 5.41) is 0. The first kappa shape index (κ1) is 63.1. The van der Waals surface area contributed by atoms with Gasteiger partial charge in [0.05, 0.1) is 105 Å². The number of benzene rings is 4. The SMILES string of the molecule is CCCCCCCCCCOc1ccc(-c2c3nc(c(-c4ccc(OCCC[N+](C)(C)C)cc4)c4ccc([nH]4)c(-c4ccc(OCCCCCCCCCC)cc4)c4nc(c(-c5ccc(OCCC[N+](C)(C)C)cc5)c5ccc2[nH]5)C=C4)C=C3)cc1. The van der Waals surface area contributed by atoms with Crippen LogP contribution in [0.3, 0.4) is 0 Å². The van der Waals surface area contributed by atoms with E-state index in [-0.39, 0.29) is 0 Å². The van der Waals surface area contributed by atoms with Crippen LogP contribution in [0.5, 0.6) is 23.0 Å². The van der Waals surface area contributed by atoms with Gasteiger partial charge in [0, 0.05) is 57.2 Å². The van der Waals surface area contributed by atoms with Crippen LogP contribution in [0.25, 0.3) is 90.9 Å². The zero-order valence-corrected chi connectivity index (χ0v) is 53.2.